The first-order valence-electron chi connectivity index (χ1n) is 9.98. The van der Waals surface area contributed by atoms with Crippen molar-refractivity contribution in [3.63, 3.8) is 0 Å². The van der Waals surface area contributed by atoms with Crippen LogP contribution in [-0.4, -0.2) is 44.7 Å². The summed E-state index contributed by atoms with van der Waals surface area (Å²) in [7, 11) is 5.06. The van der Waals surface area contributed by atoms with Gasteiger partial charge in [-0.2, -0.15) is 0 Å². The van der Waals surface area contributed by atoms with Gasteiger partial charge in [-0.1, -0.05) is 18.2 Å². The predicted octanol–water partition coefficient (Wildman–Crippen LogP) is 4.31. The summed E-state index contributed by atoms with van der Waals surface area (Å²) >= 11 is 1.12. The lowest BCUT2D eigenvalue weighted by Gasteiger charge is -2.18. The van der Waals surface area contributed by atoms with Gasteiger partial charge in [-0.15, -0.1) is 10.2 Å². The number of hydrogen-bond donors (Lipinski definition) is 0. The smallest absolute Gasteiger partial charge is 0.284 e. The Hall–Kier alpha value is -3.92. The Morgan fingerprint density at radius 3 is 2.61 bits per heavy atom. The summed E-state index contributed by atoms with van der Waals surface area (Å²) in [6, 6.07) is 16.2. The molecule has 3 aromatic carbocycles. The van der Waals surface area contributed by atoms with Gasteiger partial charge in [-0.3, -0.25) is 14.9 Å². The molecule has 33 heavy (non-hydrogen) atoms. The third-order valence-corrected chi connectivity index (χ3v) is 6.27. The molecule has 0 aliphatic carbocycles. The van der Waals surface area contributed by atoms with Crippen molar-refractivity contribution in [3.8, 4) is 5.75 Å². The summed E-state index contributed by atoms with van der Waals surface area (Å²) in [5.41, 5.74) is 1.05. The third kappa shape index (κ3) is 4.80. The summed E-state index contributed by atoms with van der Waals surface area (Å²) in [6.07, 6.45) is 1.52. The molecule has 168 valence electrons. The molecule has 4 aromatic rings. The van der Waals surface area contributed by atoms with Crippen LogP contribution in [-0.2, 0) is 13.6 Å². The highest BCUT2D eigenvalue weighted by Gasteiger charge is 2.21. The predicted molar refractivity (Wildman–Crippen MR) is 125 cm³/mol. The van der Waals surface area contributed by atoms with E-state index in [1.165, 1.54) is 12.4 Å². The average Bonchev–Trinajstić information content (AvgIpc) is 3.22. The van der Waals surface area contributed by atoms with E-state index in [4.69, 9.17) is 4.74 Å². The molecule has 0 N–H and O–H groups in total. The Kier molecular flexibility index (Phi) is 6.27. The molecular formula is C23H21N5O4S. The van der Waals surface area contributed by atoms with E-state index in [9.17, 15) is 14.9 Å². The molecule has 1 aromatic heterocycles. The molecule has 0 saturated heterocycles. The Bertz CT molecular complexity index is 1350. The zero-order valence-electron chi connectivity index (χ0n) is 18.3. The van der Waals surface area contributed by atoms with E-state index in [1.807, 2.05) is 36.4 Å². The fourth-order valence-electron chi connectivity index (χ4n) is 3.41. The largest absolute Gasteiger partial charge is 0.497 e. The third-order valence-electron chi connectivity index (χ3n) is 5.15. The topological polar surface area (TPSA) is 103 Å². The number of fused-ring (bicyclic) bond motifs is 1. The second-order valence-electron chi connectivity index (χ2n) is 7.47. The lowest BCUT2D eigenvalue weighted by atomic mass is 10.1. The Balaban J connectivity index is 1.54. The summed E-state index contributed by atoms with van der Waals surface area (Å²) in [5, 5.41) is 22.0. The number of rotatable bonds is 7. The normalized spacial score (nSPS) is 10.9. The molecule has 0 atom stereocenters. The van der Waals surface area contributed by atoms with Gasteiger partial charge in [0.05, 0.1) is 16.9 Å². The van der Waals surface area contributed by atoms with Crippen molar-refractivity contribution in [2.45, 2.75) is 16.6 Å². The molecule has 0 fully saturated rings. The van der Waals surface area contributed by atoms with Gasteiger partial charge in [-0.05, 0) is 58.4 Å². The van der Waals surface area contributed by atoms with Crippen LogP contribution in [0.4, 0.5) is 5.69 Å². The molecule has 0 spiro atoms. The maximum Gasteiger partial charge on any atom is 0.284 e. The monoisotopic (exact) mass is 463 g/mol. The second-order valence-corrected chi connectivity index (χ2v) is 8.48. The highest BCUT2D eigenvalue weighted by atomic mass is 32.2. The first kappa shape index (κ1) is 22.3. The Morgan fingerprint density at radius 1 is 1.15 bits per heavy atom. The maximum absolute atomic E-state index is 13.0. The van der Waals surface area contributed by atoms with Crippen LogP contribution in [0.25, 0.3) is 10.8 Å². The van der Waals surface area contributed by atoms with Gasteiger partial charge in [0.2, 0.25) is 0 Å². The molecule has 9 nitrogen and oxygen atoms in total. The number of carbonyl (C=O) groups is 1. The van der Waals surface area contributed by atoms with Crippen LogP contribution >= 0.6 is 11.8 Å². The van der Waals surface area contributed by atoms with Crippen molar-refractivity contribution in [1.29, 1.82) is 0 Å². The van der Waals surface area contributed by atoms with Crippen LogP contribution < -0.4 is 4.74 Å². The van der Waals surface area contributed by atoms with Crippen LogP contribution in [0.1, 0.15) is 15.9 Å². The molecular weight excluding hydrogens is 442 g/mol. The maximum atomic E-state index is 13.0. The van der Waals surface area contributed by atoms with Crippen LogP contribution in [0.3, 0.4) is 0 Å². The SMILES string of the molecule is COc1ccc2cc(CN(C)C(=O)c3ccc(Sc4nncn4C)c([N+](=O)[O-])c3)ccc2c1. The van der Waals surface area contributed by atoms with Gasteiger partial charge < -0.3 is 14.2 Å². The minimum atomic E-state index is -0.493. The molecule has 0 saturated carbocycles. The molecule has 4 rings (SSSR count). The highest BCUT2D eigenvalue weighted by Crippen LogP contribution is 2.34. The van der Waals surface area contributed by atoms with Crippen LogP contribution in [0.15, 0.2) is 71.0 Å². The van der Waals surface area contributed by atoms with Gasteiger partial charge in [-0.25, -0.2) is 0 Å². The van der Waals surface area contributed by atoms with E-state index in [-0.39, 0.29) is 17.2 Å². The minimum absolute atomic E-state index is 0.151. The van der Waals surface area contributed by atoms with Gasteiger partial charge in [0, 0.05) is 32.3 Å². The molecule has 1 amide bonds. The first-order chi connectivity index (χ1) is 15.9. The van der Waals surface area contributed by atoms with Crippen molar-refractivity contribution in [2.75, 3.05) is 14.2 Å². The number of methoxy groups -OCH3 is 1. The Labute approximate surface area is 194 Å². The number of aryl methyl sites for hydroxylation is 1. The summed E-state index contributed by atoms with van der Waals surface area (Å²) in [4.78, 5) is 26.1. The standard InChI is InChI=1S/C23H21N5O4S/c1-26(13-15-4-5-17-11-19(32-3)8-6-16(17)10-15)22(29)18-7-9-21(20(12-18)28(30)31)33-23-25-24-14-27(23)2/h4-12,14H,13H2,1-3H3. The zero-order valence-corrected chi connectivity index (χ0v) is 19.1. The fourth-order valence-corrected chi connectivity index (χ4v) is 4.26. The van der Waals surface area contributed by atoms with Crippen LogP contribution in [0.2, 0.25) is 0 Å². The number of benzene rings is 3. The molecule has 0 bridgehead atoms. The number of nitro benzene ring substituents is 1. The second kappa shape index (κ2) is 9.29. The van der Waals surface area contributed by atoms with Gasteiger partial charge in [0.25, 0.3) is 11.6 Å². The summed E-state index contributed by atoms with van der Waals surface area (Å²) < 4.78 is 6.92. The van der Waals surface area contributed by atoms with Crippen LogP contribution in [0.5, 0.6) is 5.75 Å². The van der Waals surface area contributed by atoms with Gasteiger partial charge in [0.15, 0.2) is 5.16 Å². The number of carbonyl (C=O) groups excluding carboxylic acids is 1. The first-order valence-corrected chi connectivity index (χ1v) is 10.8. The number of amides is 1. The van der Waals surface area contributed by atoms with Gasteiger partial charge in [0.1, 0.15) is 12.1 Å². The summed E-state index contributed by atoms with van der Waals surface area (Å²) in [6.45, 7) is 0.365. The quantitative estimate of drug-likeness (QED) is 0.297. The number of ether oxygens (including phenoxy) is 1. The van der Waals surface area contributed by atoms with E-state index >= 15 is 0 Å². The van der Waals surface area contributed by atoms with Crippen LogP contribution in [0, 0.1) is 10.1 Å². The molecule has 0 aliphatic heterocycles. The minimum Gasteiger partial charge on any atom is -0.497 e. The van der Waals surface area contributed by atoms with E-state index in [1.54, 1.807) is 42.8 Å². The molecule has 1 heterocycles. The Morgan fingerprint density at radius 2 is 1.91 bits per heavy atom. The fraction of sp³-hybridized carbons (Fsp3) is 0.174. The molecule has 10 heteroatoms. The van der Waals surface area contributed by atoms with Crippen molar-refractivity contribution in [3.05, 3.63) is 82.2 Å². The van der Waals surface area contributed by atoms with Crippen molar-refractivity contribution < 1.29 is 14.5 Å². The molecule has 0 aliphatic rings. The van der Waals surface area contributed by atoms with Crippen molar-refractivity contribution in [2.24, 2.45) is 7.05 Å². The lowest BCUT2D eigenvalue weighted by Crippen LogP contribution is -2.26. The van der Waals surface area contributed by atoms with E-state index in [2.05, 4.69) is 10.2 Å². The van der Waals surface area contributed by atoms with Crippen molar-refractivity contribution in [1.82, 2.24) is 19.7 Å². The van der Waals surface area contributed by atoms with E-state index < -0.39 is 4.92 Å². The highest BCUT2D eigenvalue weighted by molar-refractivity contribution is 7.99. The zero-order chi connectivity index (χ0) is 23.5. The number of nitro groups is 1. The lowest BCUT2D eigenvalue weighted by molar-refractivity contribution is -0.387. The molecule has 0 unspecified atom stereocenters. The average molecular weight is 464 g/mol. The van der Waals surface area contributed by atoms with Gasteiger partial charge >= 0.3 is 0 Å². The summed E-state index contributed by atoms with van der Waals surface area (Å²) in [5.74, 6) is 0.480. The number of nitrogens with zero attached hydrogens (tertiary/aromatic N) is 5. The molecule has 0 radical (unpaired) electrons. The van der Waals surface area contributed by atoms with E-state index in [0.29, 0.717) is 16.6 Å². The van der Waals surface area contributed by atoms with Crippen molar-refractivity contribution >= 4 is 34.1 Å². The number of hydrogen-bond acceptors (Lipinski definition) is 7. The van der Waals surface area contributed by atoms with E-state index in [0.717, 1.165) is 33.8 Å². The number of aromatic nitrogens is 3.